The van der Waals surface area contributed by atoms with Crippen LogP contribution in [0, 0.1) is 10.1 Å². The Labute approximate surface area is 166 Å². The number of nitro groups is 1. The molecule has 0 atom stereocenters. The quantitative estimate of drug-likeness (QED) is 0.309. The molecule has 8 nitrogen and oxygen atoms in total. The van der Waals surface area contributed by atoms with Crippen LogP contribution in [0.4, 0.5) is 11.4 Å². The van der Waals surface area contributed by atoms with Crippen molar-refractivity contribution in [1.29, 1.82) is 0 Å². The second kappa shape index (κ2) is 8.47. The molecule has 2 aromatic rings. The van der Waals surface area contributed by atoms with Crippen LogP contribution in [-0.4, -0.2) is 29.3 Å². The normalized spacial score (nSPS) is 13.8. The van der Waals surface area contributed by atoms with Gasteiger partial charge in [-0.25, -0.2) is 4.90 Å². The van der Waals surface area contributed by atoms with E-state index >= 15 is 0 Å². The molecule has 0 radical (unpaired) electrons. The fourth-order valence-electron chi connectivity index (χ4n) is 3.10. The number of nitrogens with zero attached hydrogens (tertiary/aromatic N) is 2. The molecular formula is C21H18N2O6. The van der Waals surface area contributed by atoms with Crippen molar-refractivity contribution in [2.24, 2.45) is 0 Å². The summed E-state index contributed by atoms with van der Waals surface area (Å²) >= 11 is 0. The minimum absolute atomic E-state index is 0.0793. The summed E-state index contributed by atoms with van der Waals surface area (Å²) in [4.78, 5) is 49.3. The van der Waals surface area contributed by atoms with Gasteiger partial charge < -0.3 is 4.74 Å². The highest BCUT2D eigenvalue weighted by molar-refractivity contribution is 6.33. The van der Waals surface area contributed by atoms with Crippen molar-refractivity contribution >= 4 is 29.2 Å². The lowest BCUT2D eigenvalue weighted by molar-refractivity contribution is -0.384. The van der Waals surface area contributed by atoms with Gasteiger partial charge in [-0.3, -0.25) is 24.5 Å². The van der Waals surface area contributed by atoms with E-state index < -0.39 is 22.7 Å². The van der Waals surface area contributed by atoms with Crippen LogP contribution in [0.2, 0.25) is 0 Å². The van der Waals surface area contributed by atoms with Crippen LogP contribution >= 0.6 is 0 Å². The molecule has 1 aliphatic heterocycles. The van der Waals surface area contributed by atoms with Gasteiger partial charge in [-0.2, -0.15) is 0 Å². The predicted molar refractivity (Wildman–Crippen MR) is 104 cm³/mol. The minimum Gasteiger partial charge on any atom is -0.466 e. The summed E-state index contributed by atoms with van der Waals surface area (Å²) < 4.78 is 4.94. The second-order valence-corrected chi connectivity index (χ2v) is 6.32. The van der Waals surface area contributed by atoms with Gasteiger partial charge in [-0.15, -0.1) is 0 Å². The van der Waals surface area contributed by atoms with E-state index in [4.69, 9.17) is 4.74 Å². The molecule has 0 fully saturated rings. The molecule has 0 bridgehead atoms. The van der Waals surface area contributed by atoms with Crippen LogP contribution in [0.25, 0.3) is 0 Å². The van der Waals surface area contributed by atoms with E-state index in [1.165, 1.54) is 24.3 Å². The maximum absolute atomic E-state index is 13.1. The Hall–Kier alpha value is -3.81. The monoisotopic (exact) mass is 394 g/mol. The highest BCUT2D eigenvalue weighted by Crippen LogP contribution is 2.32. The van der Waals surface area contributed by atoms with Crippen molar-refractivity contribution in [2.45, 2.75) is 19.8 Å². The summed E-state index contributed by atoms with van der Waals surface area (Å²) in [6.07, 6.45) is -0.131. The zero-order valence-corrected chi connectivity index (χ0v) is 15.7. The molecule has 1 aliphatic rings. The topological polar surface area (TPSA) is 107 Å². The van der Waals surface area contributed by atoms with E-state index in [9.17, 15) is 24.5 Å². The molecule has 8 heteroatoms. The highest BCUT2D eigenvalue weighted by atomic mass is 16.6. The first-order valence-corrected chi connectivity index (χ1v) is 8.97. The maximum Gasteiger partial charge on any atom is 0.310 e. The van der Waals surface area contributed by atoms with Crippen molar-refractivity contribution in [2.75, 3.05) is 11.5 Å². The van der Waals surface area contributed by atoms with Crippen LogP contribution in [0.15, 0.2) is 65.7 Å². The molecule has 0 aliphatic carbocycles. The average molecular weight is 394 g/mol. The second-order valence-electron chi connectivity index (χ2n) is 6.32. The summed E-state index contributed by atoms with van der Waals surface area (Å²) in [5, 5.41) is 10.9. The Morgan fingerprint density at radius 2 is 1.62 bits per heavy atom. The molecule has 2 aromatic carbocycles. The van der Waals surface area contributed by atoms with Crippen molar-refractivity contribution in [3.8, 4) is 0 Å². The standard InChI is InChI=1S/C21H18N2O6/c1-2-29-19(24)13-18-17(12-14-6-4-3-5-7-14)20(25)22(21(18)26)15-8-10-16(11-9-15)23(27)28/h3-11H,2,12-13H2,1H3. The maximum atomic E-state index is 13.1. The number of hydrogen-bond donors (Lipinski definition) is 0. The molecule has 0 N–H and O–H groups in total. The minimum atomic E-state index is -0.622. The van der Waals surface area contributed by atoms with Crippen molar-refractivity contribution in [3.63, 3.8) is 0 Å². The van der Waals surface area contributed by atoms with Crippen LogP contribution in [0.1, 0.15) is 18.9 Å². The van der Waals surface area contributed by atoms with Gasteiger partial charge in [0.1, 0.15) is 0 Å². The number of imide groups is 1. The van der Waals surface area contributed by atoms with Crippen molar-refractivity contribution in [1.82, 2.24) is 0 Å². The van der Waals surface area contributed by atoms with Gasteiger partial charge >= 0.3 is 5.97 Å². The van der Waals surface area contributed by atoms with E-state index in [1.807, 2.05) is 30.3 Å². The number of esters is 1. The predicted octanol–water partition coefficient (Wildman–Crippen LogP) is 2.96. The van der Waals surface area contributed by atoms with E-state index in [0.29, 0.717) is 0 Å². The first-order valence-electron chi connectivity index (χ1n) is 8.97. The summed E-state index contributed by atoms with van der Waals surface area (Å²) in [5.41, 5.74) is 1.16. The van der Waals surface area contributed by atoms with Gasteiger partial charge in [0.15, 0.2) is 0 Å². The van der Waals surface area contributed by atoms with Crippen LogP contribution < -0.4 is 4.90 Å². The molecule has 0 aromatic heterocycles. The molecule has 0 saturated carbocycles. The first-order chi connectivity index (χ1) is 13.9. The Bertz CT molecular complexity index is 996. The van der Waals surface area contributed by atoms with Crippen molar-refractivity contribution < 1.29 is 24.0 Å². The Balaban J connectivity index is 1.96. The number of carbonyl (C=O) groups is 3. The molecular weight excluding hydrogens is 376 g/mol. The third kappa shape index (κ3) is 4.21. The highest BCUT2D eigenvalue weighted by Gasteiger charge is 2.40. The largest absolute Gasteiger partial charge is 0.466 e. The van der Waals surface area contributed by atoms with Crippen LogP contribution in [-0.2, 0) is 25.5 Å². The van der Waals surface area contributed by atoms with Gasteiger partial charge in [0.2, 0.25) is 0 Å². The zero-order chi connectivity index (χ0) is 21.0. The number of rotatable bonds is 7. The zero-order valence-electron chi connectivity index (χ0n) is 15.7. The SMILES string of the molecule is CCOC(=O)CC1=C(Cc2ccccc2)C(=O)N(c2ccc([N+](=O)[O-])cc2)C1=O. The van der Waals surface area contributed by atoms with Gasteiger partial charge in [0.05, 0.1) is 23.6 Å². The molecule has 0 unspecified atom stereocenters. The van der Waals surface area contributed by atoms with Gasteiger partial charge in [0, 0.05) is 29.7 Å². The molecule has 0 saturated heterocycles. The Morgan fingerprint density at radius 1 is 1.00 bits per heavy atom. The number of hydrogen-bond acceptors (Lipinski definition) is 6. The first kappa shape index (κ1) is 19.9. The third-order valence-corrected chi connectivity index (χ3v) is 4.46. The molecule has 2 amide bonds. The van der Waals surface area contributed by atoms with Crippen LogP contribution in [0.5, 0.6) is 0 Å². The third-order valence-electron chi connectivity index (χ3n) is 4.46. The molecule has 0 spiro atoms. The number of non-ortho nitro benzene ring substituents is 1. The fourth-order valence-corrected chi connectivity index (χ4v) is 3.10. The summed E-state index contributed by atoms with van der Waals surface area (Å²) in [7, 11) is 0. The van der Waals surface area contributed by atoms with Crippen molar-refractivity contribution in [3.05, 3.63) is 81.4 Å². The number of nitro benzene ring substituents is 1. The van der Waals surface area contributed by atoms with E-state index in [2.05, 4.69) is 0 Å². The summed E-state index contributed by atoms with van der Waals surface area (Å²) in [6, 6.07) is 14.2. The molecule has 29 heavy (non-hydrogen) atoms. The molecule has 1 heterocycles. The van der Waals surface area contributed by atoms with Crippen LogP contribution in [0.3, 0.4) is 0 Å². The average Bonchev–Trinajstić information content (AvgIpc) is 2.93. The summed E-state index contributed by atoms with van der Waals surface area (Å²) in [5.74, 6) is -1.77. The van der Waals surface area contributed by atoms with Gasteiger partial charge in [0.25, 0.3) is 17.5 Å². The lowest BCUT2D eigenvalue weighted by Gasteiger charge is -2.15. The molecule has 3 rings (SSSR count). The van der Waals surface area contributed by atoms with Gasteiger partial charge in [-0.1, -0.05) is 30.3 Å². The van der Waals surface area contributed by atoms with E-state index in [-0.39, 0.29) is 42.0 Å². The lowest BCUT2D eigenvalue weighted by atomic mass is 10.00. The van der Waals surface area contributed by atoms with E-state index in [0.717, 1.165) is 10.5 Å². The number of amides is 2. The van der Waals surface area contributed by atoms with Gasteiger partial charge in [-0.05, 0) is 24.6 Å². The number of benzene rings is 2. The number of carbonyl (C=O) groups excluding carboxylic acids is 3. The number of ether oxygens (including phenoxy) is 1. The smallest absolute Gasteiger partial charge is 0.310 e. The Kier molecular flexibility index (Phi) is 5.82. The number of anilines is 1. The summed E-state index contributed by atoms with van der Waals surface area (Å²) in [6.45, 7) is 1.82. The molecule has 148 valence electrons. The fraction of sp³-hybridized carbons (Fsp3) is 0.190. The van der Waals surface area contributed by atoms with E-state index in [1.54, 1.807) is 6.92 Å². The lowest BCUT2D eigenvalue weighted by Crippen LogP contribution is -2.32. The Morgan fingerprint density at radius 3 is 2.21 bits per heavy atom.